The molecule has 0 aromatic heterocycles. The van der Waals surface area contributed by atoms with Crippen LogP contribution in [0.2, 0.25) is 0 Å². The van der Waals surface area contributed by atoms with E-state index in [2.05, 4.69) is 5.32 Å². The predicted octanol–water partition coefficient (Wildman–Crippen LogP) is 1.87. The Bertz CT molecular complexity index is 782. The number of nitrogen functional groups attached to an aromatic ring is 1. The van der Waals surface area contributed by atoms with E-state index in [1.807, 2.05) is 24.3 Å². The monoisotopic (exact) mass is 328 g/mol. The zero-order valence-electron chi connectivity index (χ0n) is 13.5. The van der Waals surface area contributed by atoms with Gasteiger partial charge in [-0.2, -0.15) is 0 Å². The standard InChI is InChI=1S/C18H20N2O4/c1-23-17(22)18(6-8-24-9-7-18)20-16(21)14-10-12-4-2-3-5-13(12)11-15(14)19/h2-5,10-11H,6-9,19H2,1H3,(H,20,21). The fraction of sp³-hybridized carbons (Fsp3) is 0.333. The van der Waals surface area contributed by atoms with Crippen LogP contribution in [0.15, 0.2) is 36.4 Å². The van der Waals surface area contributed by atoms with Gasteiger partial charge in [-0.1, -0.05) is 24.3 Å². The molecule has 24 heavy (non-hydrogen) atoms. The lowest BCUT2D eigenvalue weighted by molar-refractivity contribution is -0.152. The number of benzene rings is 2. The van der Waals surface area contributed by atoms with Crippen molar-refractivity contribution in [3.8, 4) is 0 Å². The molecule has 1 amide bonds. The molecule has 3 rings (SSSR count). The number of rotatable bonds is 3. The number of esters is 1. The van der Waals surface area contributed by atoms with E-state index in [1.54, 1.807) is 12.1 Å². The number of carbonyl (C=O) groups is 2. The number of anilines is 1. The van der Waals surface area contributed by atoms with Gasteiger partial charge in [-0.05, 0) is 22.9 Å². The van der Waals surface area contributed by atoms with Crippen LogP contribution in [0.5, 0.6) is 0 Å². The Balaban J connectivity index is 1.93. The van der Waals surface area contributed by atoms with Crippen LogP contribution in [0.25, 0.3) is 10.8 Å². The summed E-state index contributed by atoms with van der Waals surface area (Å²) in [5.74, 6) is -0.843. The van der Waals surface area contributed by atoms with Crippen molar-refractivity contribution in [2.24, 2.45) is 0 Å². The molecule has 1 saturated heterocycles. The van der Waals surface area contributed by atoms with E-state index in [4.69, 9.17) is 15.2 Å². The molecule has 6 heteroatoms. The number of hydrogen-bond acceptors (Lipinski definition) is 5. The number of amides is 1. The molecule has 1 aliphatic heterocycles. The van der Waals surface area contributed by atoms with Crippen LogP contribution >= 0.6 is 0 Å². The second-order valence-corrected chi connectivity index (χ2v) is 5.93. The average Bonchev–Trinajstić information content (AvgIpc) is 2.61. The molecule has 2 aromatic rings. The third-order valence-electron chi connectivity index (χ3n) is 4.44. The van der Waals surface area contributed by atoms with Gasteiger partial charge in [-0.25, -0.2) is 4.79 Å². The summed E-state index contributed by atoms with van der Waals surface area (Å²) in [6.45, 7) is 0.783. The Morgan fingerprint density at radius 2 is 1.79 bits per heavy atom. The van der Waals surface area contributed by atoms with E-state index in [0.29, 0.717) is 37.3 Å². The number of hydrogen-bond donors (Lipinski definition) is 2. The van der Waals surface area contributed by atoms with Crippen molar-refractivity contribution in [3.05, 3.63) is 42.0 Å². The summed E-state index contributed by atoms with van der Waals surface area (Å²) in [5, 5.41) is 4.70. The third kappa shape index (κ3) is 2.92. The maximum atomic E-state index is 12.8. The SMILES string of the molecule is COC(=O)C1(NC(=O)c2cc3ccccc3cc2N)CCOCC1. The van der Waals surface area contributed by atoms with Gasteiger partial charge >= 0.3 is 5.97 Å². The quantitative estimate of drug-likeness (QED) is 0.663. The normalized spacial score (nSPS) is 16.5. The summed E-state index contributed by atoms with van der Waals surface area (Å²) in [5.41, 5.74) is 5.70. The second kappa shape index (κ2) is 6.49. The Labute approximate surface area is 139 Å². The molecule has 0 saturated carbocycles. The Hall–Kier alpha value is -2.60. The largest absolute Gasteiger partial charge is 0.467 e. The van der Waals surface area contributed by atoms with Crippen LogP contribution in [0.3, 0.4) is 0 Å². The van der Waals surface area contributed by atoms with Crippen LogP contribution < -0.4 is 11.1 Å². The molecule has 126 valence electrons. The number of nitrogens with two attached hydrogens (primary N) is 1. The highest BCUT2D eigenvalue weighted by molar-refractivity contribution is 6.05. The van der Waals surface area contributed by atoms with Crippen molar-refractivity contribution in [1.29, 1.82) is 0 Å². The molecule has 1 heterocycles. The van der Waals surface area contributed by atoms with E-state index in [1.165, 1.54) is 7.11 Å². The molecular weight excluding hydrogens is 308 g/mol. The van der Waals surface area contributed by atoms with Crippen LogP contribution in [0.4, 0.5) is 5.69 Å². The number of ether oxygens (including phenoxy) is 2. The second-order valence-electron chi connectivity index (χ2n) is 5.93. The Morgan fingerprint density at radius 1 is 1.17 bits per heavy atom. The first-order valence-corrected chi connectivity index (χ1v) is 7.83. The minimum Gasteiger partial charge on any atom is -0.467 e. The maximum Gasteiger partial charge on any atom is 0.331 e. The topological polar surface area (TPSA) is 90.7 Å². The highest BCUT2D eigenvalue weighted by Gasteiger charge is 2.43. The first-order valence-electron chi connectivity index (χ1n) is 7.83. The lowest BCUT2D eigenvalue weighted by atomic mass is 9.89. The van der Waals surface area contributed by atoms with Gasteiger partial charge < -0.3 is 20.5 Å². The van der Waals surface area contributed by atoms with Gasteiger partial charge in [0.25, 0.3) is 5.91 Å². The molecule has 0 bridgehead atoms. The summed E-state index contributed by atoms with van der Waals surface area (Å²) in [7, 11) is 1.32. The van der Waals surface area contributed by atoms with Crippen LogP contribution in [0, 0.1) is 0 Å². The minimum absolute atomic E-state index is 0.350. The van der Waals surface area contributed by atoms with Crippen molar-refractivity contribution in [2.45, 2.75) is 18.4 Å². The van der Waals surface area contributed by atoms with Crippen LogP contribution in [-0.2, 0) is 14.3 Å². The molecule has 3 N–H and O–H groups in total. The molecule has 0 unspecified atom stereocenters. The van der Waals surface area contributed by atoms with Crippen LogP contribution in [-0.4, -0.2) is 37.7 Å². The molecule has 1 aliphatic rings. The highest BCUT2D eigenvalue weighted by Crippen LogP contribution is 2.26. The van der Waals surface area contributed by atoms with Gasteiger partial charge in [-0.3, -0.25) is 4.79 Å². The smallest absolute Gasteiger partial charge is 0.331 e. The summed E-state index contributed by atoms with van der Waals surface area (Å²) in [6.07, 6.45) is 0.748. The van der Waals surface area contributed by atoms with E-state index in [9.17, 15) is 9.59 Å². The van der Waals surface area contributed by atoms with E-state index in [0.717, 1.165) is 10.8 Å². The fourth-order valence-electron chi connectivity index (χ4n) is 3.03. The molecular formula is C18H20N2O4. The average molecular weight is 328 g/mol. The number of carbonyl (C=O) groups excluding carboxylic acids is 2. The van der Waals surface area contributed by atoms with Crippen molar-refractivity contribution in [3.63, 3.8) is 0 Å². The van der Waals surface area contributed by atoms with Crippen molar-refractivity contribution < 1.29 is 19.1 Å². The first-order chi connectivity index (χ1) is 11.6. The van der Waals surface area contributed by atoms with Crippen molar-refractivity contribution in [1.82, 2.24) is 5.32 Å². The lowest BCUT2D eigenvalue weighted by Gasteiger charge is -2.35. The molecule has 0 radical (unpaired) electrons. The van der Waals surface area contributed by atoms with Gasteiger partial charge in [0.2, 0.25) is 0 Å². The molecule has 6 nitrogen and oxygen atoms in total. The maximum absolute atomic E-state index is 12.8. The van der Waals surface area contributed by atoms with Crippen LogP contribution in [0.1, 0.15) is 23.2 Å². The van der Waals surface area contributed by atoms with Gasteiger partial charge in [-0.15, -0.1) is 0 Å². The van der Waals surface area contributed by atoms with E-state index < -0.39 is 11.5 Å². The van der Waals surface area contributed by atoms with Gasteiger partial charge in [0.15, 0.2) is 0 Å². The summed E-state index contributed by atoms with van der Waals surface area (Å²) in [4.78, 5) is 25.0. The van der Waals surface area contributed by atoms with E-state index in [-0.39, 0.29) is 5.91 Å². The third-order valence-corrected chi connectivity index (χ3v) is 4.44. The predicted molar refractivity (Wildman–Crippen MR) is 90.6 cm³/mol. The fourth-order valence-corrected chi connectivity index (χ4v) is 3.03. The minimum atomic E-state index is -1.07. The van der Waals surface area contributed by atoms with Crippen molar-refractivity contribution >= 4 is 28.3 Å². The number of fused-ring (bicyclic) bond motifs is 1. The summed E-state index contributed by atoms with van der Waals surface area (Å²) in [6, 6.07) is 11.2. The van der Waals surface area contributed by atoms with Gasteiger partial charge in [0.1, 0.15) is 5.54 Å². The van der Waals surface area contributed by atoms with E-state index >= 15 is 0 Å². The molecule has 0 atom stereocenters. The zero-order chi connectivity index (χ0) is 17.2. The van der Waals surface area contributed by atoms with Gasteiger partial charge in [0, 0.05) is 31.7 Å². The first kappa shape index (κ1) is 16.3. The molecule has 1 fully saturated rings. The summed E-state index contributed by atoms with van der Waals surface area (Å²) < 4.78 is 10.2. The number of methoxy groups -OCH3 is 1. The summed E-state index contributed by atoms with van der Waals surface area (Å²) >= 11 is 0. The Morgan fingerprint density at radius 3 is 2.42 bits per heavy atom. The Kier molecular flexibility index (Phi) is 4.40. The highest BCUT2D eigenvalue weighted by atomic mass is 16.5. The number of nitrogens with one attached hydrogen (secondary N) is 1. The zero-order valence-corrected chi connectivity index (χ0v) is 13.5. The van der Waals surface area contributed by atoms with Crippen molar-refractivity contribution in [2.75, 3.05) is 26.1 Å². The molecule has 0 aliphatic carbocycles. The molecule has 0 spiro atoms. The molecule has 2 aromatic carbocycles. The van der Waals surface area contributed by atoms with Gasteiger partial charge in [0.05, 0.1) is 12.7 Å². The lowest BCUT2D eigenvalue weighted by Crippen LogP contribution is -2.58.